The third kappa shape index (κ3) is 3.86. The molecule has 0 unspecified atom stereocenters. The van der Waals surface area contributed by atoms with Crippen molar-refractivity contribution in [3.63, 3.8) is 0 Å². The molecule has 0 bridgehead atoms. The highest BCUT2D eigenvalue weighted by Gasteiger charge is 2.26. The number of carbonyl (C=O) groups excluding carboxylic acids is 1. The van der Waals surface area contributed by atoms with Gasteiger partial charge < -0.3 is 14.5 Å². The lowest BCUT2D eigenvalue weighted by Crippen LogP contribution is -3.13. The number of nitrogens with one attached hydrogen (secondary N) is 1. The number of ether oxygens (including phenoxy) is 1. The van der Waals surface area contributed by atoms with Crippen molar-refractivity contribution in [2.24, 2.45) is 0 Å². The molecule has 1 aromatic heterocycles. The number of hydrogen-bond donors (Lipinski definition) is 1. The number of carbonyl (C=O) groups is 1. The lowest BCUT2D eigenvalue weighted by molar-refractivity contribution is -0.917. The van der Waals surface area contributed by atoms with Crippen molar-refractivity contribution in [2.45, 2.75) is 6.54 Å². The summed E-state index contributed by atoms with van der Waals surface area (Å²) in [5.74, 6) is 0.575. The summed E-state index contributed by atoms with van der Waals surface area (Å²) in [5, 5.41) is 4.86. The molecule has 1 aromatic carbocycles. The maximum Gasteiger partial charge on any atom is 0.258 e. The number of nitrogens with zero attached hydrogens (tertiary/aromatic N) is 1. The molecule has 1 N–H and O–H groups in total. The smallest absolute Gasteiger partial charge is 0.258 e. The first-order chi connectivity index (χ1) is 11.2. The van der Waals surface area contributed by atoms with Gasteiger partial charge >= 0.3 is 0 Å². The minimum absolute atomic E-state index is 0.000988. The second kappa shape index (κ2) is 7.34. The van der Waals surface area contributed by atoms with E-state index in [-0.39, 0.29) is 5.91 Å². The number of piperazine rings is 1. The van der Waals surface area contributed by atoms with E-state index < -0.39 is 0 Å². The molecule has 1 aliphatic rings. The Morgan fingerprint density at radius 1 is 1.35 bits per heavy atom. The van der Waals surface area contributed by atoms with Crippen LogP contribution in [0.5, 0.6) is 5.75 Å². The summed E-state index contributed by atoms with van der Waals surface area (Å²) in [6, 6.07) is 7.34. The summed E-state index contributed by atoms with van der Waals surface area (Å²) < 4.78 is 5.29. The second-order valence-electron chi connectivity index (χ2n) is 5.70. The van der Waals surface area contributed by atoms with Crippen molar-refractivity contribution in [2.75, 3.05) is 33.3 Å². The van der Waals surface area contributed by atoms with Crippen LogP contribution in [0.3, 0.4) is 0 Å². The van der Waals surface area contributed by atoms with Crippen molar-refractivity contribution in [1.82, 2.24) is 4.90 Å². The fourth-order valence-electron chi connectivity index (χ4n) is 2.90. The van der Waals surface area contributed by atoms with E-state index in [2.05, 4.69) is 16.8 Å². The third-order valence-electron chi connectivity index (χ3n) is 4.18. The quantitative estimate of drug-likeness (QED) is 0.913. The van der Waals surface area contributed by atoms with Crippen LogP contribution in [-0.4, -0.2) is 44.1 Å². The van der Waals surface area contributed by atoms with E-state index in [1.807, 2.05) is 4.90 Å². The average Bonchev–Trinajstić information content (AvgIpc) is 3.08. The zero-order chi connectivity index (χ0) is 16.2. The lowest BCUT2D eigenvalue weighted by atomic mass is 10.1. The first-order valence-corrected chi connectivity index (χ1v) is 8.97. The summed E-state index contributed by atoms with van der Waals surface area (Å²) in [4.78, 5) is 16.1. The topological polar surface area (TPSA) is 34.0 Å². The van der Waals surface area contributed by atoms with Crippen molar-refractivity contribution < 1.29 is 14.4 Å². The third-order valence-corrected chi connectivity index (χ3v) is 5.15. The van der Waals surface area contributed by atoms with Gasteiger partial charge in [-0.2, -0.15) is 11.3 Å². The van der Waals surface area contributed by atoms with Crippen molar-refractivity contribution >= 4 is 28.8 Å². The van der Waals surface area contributed by atoms with Crippen LogP contribution in [0.2, 0.25) is 5.02 Å². The van der Waals surface area contributed by atoms with Gasteiger partial charge in [0, 0.05) is 10.6 Å². The Hall–Kier alpha value is -1.56. The summed E-state index contributed by atoms with van der Waals surface area (Å²) in [6.07, 6.45) is 0. The number of methoxy groups -OCH3 is 1. The van der Waals surface area contributed by atoms with Crippen molar-refractivity contribution in [3.8, 4) is 5.75 Å². The van der Waals surface area contributed by atoms with Crippen LogP contribution in [0.4, 0.5) is 0 Å². The van der Waals surface area contributed by atoms with Crippen molar-refractivity contribution in [3.05, 3.63) is 51.2 Å². The lowest BCUT2D eigenvalue weighted by Gasteiger charge is -2.32. The fraction of sp³-hybridized carbons (Fsp3) is 0.353. The monoisotopic (exact) mass is 351 g/mol. The zero-order valence-electron chi connectivity index (χ0n) is 13.0. The van der Waals surface area contributed by atoms with Gasteiger partial charge in [-0.25, -0.2) is 0 Å². The molecule has 2 heterocycles. The number of quaternary nitrogens is 1. The minimum Gasteiger partial charge on any atom is -0.496 e. The van der Waals surface area contributed by atoms with Crippen LogP contribution in [-0.2, 0) is 6.54 Å². The first-order valence-electron chi connectivity index (χ1n) is 7.65. The Bertz CT molecular complexity index is 667. The first kappa shape index (κ1) is 16.3. The Labute approximate surface area is 145 Å². The van der Waals surface area contributed by atoms with Crippen LogP contribution in [0.25, 0.3) is 0 Å². The fourth-order valence-corrected chi connectivity index (χ4v) is 3.74. The molecule has 4 nitrogen and oxygen atoms in total. The predicted octanol–water partition coefficient (Wildman–Crippen LogP) is 1.95. The predicted molar refractivity (Wildman–Crippen MR) is 92.6 cm³/mol. The summed E-state index contributed by atoms with van der Waals surface area (Å²) >= 11 is 7.76. The molecule has 0 spiro atoms. The van der Waals surface area contributed by atoms with Gasteiger partial charge in [-0.1, -0.05) is 11.6 Å². The van der Waals surface area contributed by atoms with Crippen molar-refractivity contribution in [1.29, 1.82) is 0 Å². The molecule has 1 amide bonds. The van der Waals surface area contributed by atoms with E-state index >= 15 is 0 Å². The Kier molecular flexibility index (Phi) is 5.20. The molecule has 1 saturated heterocycles. The number of benzene rings is 1. The number of halogens is 1. The van der Waals surface area contributed by atoms with Gasteiger partial charge in [-0.3, -0.25) is 4.79 Å². The molecular weight excluding hydrogens is 332 g/mol. The SMILES string of the molecule is COc1ccc(Cl)cc1C(=O)N1CC[NH+](Cc2ccsc2)CC1. The molecule has 1 aliphatic heterocycles. The number of hydrogen-bond acceptors (Lipinski definition) is 3. The van der Waals surface area contributed by atoms with Gasteiger partial charge in [0.1, 0.15) is 12.3 Å². The molecule has 0 aliphatic carbocycles. The van der Waals surface area contributed by atoms with E-state index in [1.165, 1.54) is 10.5 Å². The summed E-state index contributed by atoms with van der Waals surface area (Å²) in [6.45, 7) is 4.48. The standard InChI is InChI=1S/C17H19ClN2O2S/c1-22-16-3-2-14(18)10-15(16)17(21)20-7-5-19(6-8-20)11-13-4-9-23-12-13/h2-4,9-10,12H,5-8,11H2,1H3/p+1. The highest BCUT2D eigenvalue weighted by Crippen LogP contribution is 2.24. The maximum atomic E-state index is 12.7. The molecule has 0 atom stereocenters. The molecule has 3 rings (SSSR count). The molecule has 122 valence electrons. The minimum atomic E-state index is -0.000988. The molecule has 0 radical (unpaired) electrons. The molecule has 1 fully saturated rings. The van der Waals surface area contributed by atoms with Gasteiger partial charge in [0.2, 0.25) is 0 Å². The molecule has 23 heavy (non-hydrogen) atoms. The largest absolute Gasteiger partial charge is 0.496 e. The van der Waals surface area contributed by atoms with Gasteiger partial charge in [-0.05, 0) is 35.0 Å². The molecule has 0 saturated carbocycles. The van der Waals surface area contributed by atoms with E-state index in [1.54, 1.807) is 36.6 Å². The summed E-state index contributed by atoms with van der Waals surface area (Å²) in [5.41, 5.74) is 1.92. The highest BCUT2D eigenvalue weighted by atomic mass is 35.5. The summed E-state index contributed by atoms with van der Waals surface area (Å²) in [7, 11) is 1.57. The Morgan fingerprint density at radius 2 is 2.13 bits per heavy atom. The van der Waals surface area contributed by atoms with E-state index in [4.69, 9.17) is 16.3 Å². The van der Waals surface area contributed by atoms with Crippen LogP contribution in [0, 0.1) is 0 Å². The molecule has 6 heteroatoms. The van der Waals surface area contributed by atoms with Crippen LogP contribution in [0.15, 0.2) is 35.0 Å². The van der Waals surface area contributed by atoms with E-state index in [0.717, 1.165) is 32.7 Å². The van der Waals surface area contributed by atoms with E-state index in [0.29, 0.717) is 16.3 Å². The number of rotatable bonds is 4. The molecular formula is C17H20ClN2O2S+. The Balaban J connectivity index is 1.63. The van der Waals surface area contributed by atoms with Gasteiger partial charge in [-0.15, -0.1) is 0 Å². The van der Waals surface area contributed by atoms with Crippen LogP contribution >= 0.6 is 22.9 Å². The van der Waals surface area contributed by atoms with Gasteiger partial charge in [0.25, 0.3) is 5.91 Å². The highest BCUT2D eigenvalue weighted by molar-refractivity contribution is 7.07. The normalized spacial score (nSPS) is 15.7. The van der Waals surface area contributed by atoms with Gasteiger partial charge in [0.15, 0.2) is 0 Å². The maximum absolute atomic E-state index is 12.7. The van der Waals surface area contributed by atoms with E-state index in [9.17, 15) is 4.79 Å². The number of thiophene rings is 1. The van der Waals surface area contributed by atoms with Gasteiger partial charge in [0.05, 0.1) is 38.9 Å². The second-order valence-corrected chi connectivity index (χ2v) is 6.91. The zero-order valence-corrected chi connectivity index (χ0v) is 14.6. The molecule has 2 aromatic rings. The Morgan fingerprint density at radius 3 is 2.78 bits per heavy atom. The number of amides is 1. The average molecular weight is 352 g/mol. The van der Waals surface area contributed by atoms with Crippen LogP contribution < -0.4 is 9.64 Å². The van der Waals surface area contributed by atoms with Crippen LogP contribution in [0.1, 0.15) is 15.9 Å².